The lowest BCUT2D eigenvalue weighted by molar-refractivity contribution is 0.159. The van der Waals surface area contributed by atoms with Crippen LogP contribution in [0.3, 0.4) is 0 Å². The molecule has 0 saturated heterocycles. The van der Waals surface area contributed by atoms with Crippen molar-refractivity contribution >= 4 is 16.9 Å². The van der Waals surface area contributed by atoms with E-state index in [0.717, 1.165) is 23.3 Å². The van der Waals surface area contributed by atoms with Crippen LogP contribution in [0.15, 0.2) is 12.3 Å². The molecule has 0 spiro atoms. The number of H-pyrrole nitrogens is 1. The molecule has 0 radical (unpaired) electrons. The lowest BCUT2D eigenvalue weighted by atomic mass is 10.1. The number of aromatic nitrogens is 3. The van der Waals surface area contributed by atoms with Crippen LogP contribution in [0.5, 0.6) is 0 Å². The van der Waals surface area contributed by atoms with Crippen LogP contribution in [0.2, 0.25) is 0 Å². The molecule has 16 heavy (non-hydrogen) atoms. The zero-order valence-corrected chi connectivity index (χ0v) is 9.53. The van der Waals surface area contributed by atoms with Gasteiger partial charge in [0.05, 0.1) is 5.39 Å². The Morgan fingerprint density at radius 1 is 1.50 bits per heavy atom. The maximum atomic E-state index is 5.85. The van der Waals surface area contributed by atoms with Gasteiger partial charge in [-0.15, -0.1) is 0 Å². The quantitative estimate of drug-likeness (QED) is 0.815. The monoisotopic (exact) mass is 220 g/mol. The highest BCUT2D eigenvalue weighted by atomic mass is 16.5. The van der Waals surface area contributed by atoms with Gasteiger partial charge in [-0.3, -0.25) is 0 Å². The van der Waals surface area contributed by atoms with Crippen molar-refractivity contribution in [2.24, 2.45) is 5.92 Å². The van der Waals surface area contributed by atoms with Crippen LogP contribution in [-0.2, 0) is 11.2 Å². The second-order valence-corrected chi connectivity index (χ2v) is 4.03. The van der Waals surface area contributed by atoms with E-state index in [1.54, 1.807) is 7.11 Å². The number of aromatic amines is 1. The topological polar surface area (TPSA) is 76.8 Å². The summed E-state index contributed by atoms with van der Waals surface area (Å²) in [5, 5.41) is 0.878. The zero-order chi connectivity index (χ0) is 11.5. The summed E-state index contributed by atoms with van der Waals surface area (Å²) < 4.78 is 5.08. The van der Waals surface area contributed by atoms with E-state index in [1.165, 1.54) is 0 Å². The molecule has 0 aliphatic heterocycles. The Kier molecular flexibility index (Phi) is 3.05. The SMILES string of the molecule is COCC(C)Cc1nc(N)c2cc[nH]c2n1. The Hall–Kier alpha value is -1.62. The molecule has 1 unspecified atom stereocenters. The van der Waals surface area contributed by atoms with E-state index < -0.39 is 0 Å². The van der Waals surface area contributed by atoms with E-state index in [-0.39, 0.29) is 0 Å². The Bertz CT molecular complexity index is 480. The molecule has 86 valence electrons. The Balaban J connectivity index is 2.24. The van der Waals surface area contributed by atoms with Crippen molar-refractivity contribution in [1.29, 1.82) is 0 Å². The number of hydrogen-bond acceptors (Lipinski definition) is 4. The molecule has 5 nitrogen and oxygen atoms in total. The van der Waals surface area contributed by atoms with Gasteiger partial charge in [0.1, 0.15) is 17.3 Å². The third-order valence-electron chi connectivity index (χ3n) is 2.47. The minimum Gasteiger partial charge on any atom is -0.384 e. The molecule has 0 fully saturated rings. The van der Waals surface area contributed by atoms with Crippen LogP contribution in [0.25, 0.3) is 11.0 Å². The first-order valence-corrected chi connectivity index (χ1v) is 5.29. The van der Waals surface area contributed by atoms with E-state index in [0.29, 0.717) is 18.3 Å². The van der Waals surface area contributed by atoms with Crippen LogP contribution in [0.1, 0.15) is 12.7 Å². The van der Waals surface area contributed by atoms with Gasteiger partial charge in [-0.2, -0.15) is 0 Å². The molecule has 5 heteroatoms. The predicted octanol–water partition coefficient (Wildman–Crippen LogP) is 1.37. The fraction of sp³-hybridized carbons (Fsp3) is 0.455. The van der Waals surface area contributed by atoms with Crippen molar-refractivity contribution in [2.45, 2.75) is 13.3 Å². The Morgan fingerprint density at radius 3 is 3.06 bits per heavy atom. The summed E-state index contributed by atoms with van der Waals surface area (Å²) in [5.41, 5.74) is 6.65. The molecule has 0 aliphatic rings. The number of nitrogens with two attached hydrogens (primary N) is 1. The highest BCUT2D eigenvalue weighted by Gasteiger charge is 2.09. The molecule has 0 bridgehead atoms. The van der Waals surface area contributed by atoms with Crippen molar-refractivity contribution in [1.82, 2.24) is 15.0 Å². The predicted molar refractivity (Wildman–Crippen MR) is 63.0 cm³/mol. The molecule has 2 rings (SSSR count). The molecule has 2 heterocycles. The van der Waals surface area contributed by atoms with Gasteiger partial charge in [0.25, 0.3) is 0 Å². The lowest BCUT2D eigenvalue weighted by Crippen LogP contribution is -2.10. The molecule has 2 aromatic heterocycles. The van der Waals surface area contributed by atoms with Gasteiger partial charge in [-0.25, -0.2) is 9.97 Å². The summed E-state index contributed by atoms with van der Waals surface area (Å²) in [6.07, 6.45) is 2.59. The number of rotatable bonds is 4. The number of anilines is 1. The fourth-order valence-corrected chi connectivity index (χ4v) is 1.76. The number of fused-ring (bicyclic) bond motifs is 1. The number of nitrogen functional groups attached to an aromatic ring is 1. The van der Waals surface area contributed by atoms with Gasteiger partial charge < -0.3 is 15.5 Å². The highest BCUT2D eigenvalue weighted by Crippen LogP contribution is 2.17. The first kappa shape index (κ1) is 10.9. The maximum absolute atomic E-state index is 5.85. The Labute approximate surface area is 94.0 Å². The average Bonchev–Trinajstić information content (AvgIpc) is 2.66. The minimum atomic E-state index is 0.386. The van der Waals surface area contributed by atoms with E-state index >= 15 is 0 Å². The molecule has 0 amide bonds. The number of ether oxygens (including phenoxy) is 1. The standard InChI is InChI=1S/C11H16N4O/c1-7(6-16-2)5-9-14-10(12)8-3-4-13-11(8)15-9/h3-4,7H,5-6H2,1-2H3,(H3,12,13,14,15). The van der Waals surface area contributed by atoms with Gasteiger partial charge in [0.15, 0.2) is 0 Å². The van der Waals surface area contributed by atoms with Gasteiger partial charge >= 0.3 is 0 Å². The van der Waals surface area contributed by atoms with Crippen LogP contribution < -0.4 is 5.73 Å². The van der Waals surface area contributed by atoms with Crippen molar-refractivity contribution < 1.29 is 4.74 Å². The normalized spacial score (nSPS) is 13.1. The fourth-order valence-electron chi connectivity index (χ4n) is 1.76. The summed E-state index contributed by atoms with van der Waals surface area (Å²) >= 11 is 0. The number of nitrogens with zero attached hydrogens (tertiary/aromatic N) is 2. The first-order valence-electron chi connectivity index (χ1n) is 5.29. The second-order valence-electron chi connectivity index (χ2n) is 4.03. The summed E-state index contributed by atoms with van der Waals surface area (Å²) in [6.45, 7) is 2.80. The van der Waals surface area contributed by atoms with Crippen LogP contribution in [-0.4, -0.2) is 28.7 Å². The molecule has 0 aliphatic carbocycles. The number of nitrogens with one attached hydrogen (secondary N) is 1. The van der Waals surface area contributed by atoms with Gasteiger partial charge in [-0.05, 0) is 12.0 Å². The molecule has 3 N–H and O–H groups in total. The maximum Gasteiger partial charge on any atom is 0.143 e. The largest absolute Gasteiger partial charge is 0.384 e. The van der Waals surface area contributed by atoms with Crippen molar-refractivity contribution in [3.8, 4) is 0 Å². The minimum absolute atomic E-state index is 0.386. The van der Waals surface area contributed by atoms with Gasteiger partial charge in [-0.1, -0.05) is 6.92 Å². The van der Waals surface area contributed by atoms with Crippen LogP contribution in [0.4, 0.5) is 5.82 Å². The summed E-state index contributed by atoms with van der Waals surface area (Å²) in [7, 11) is 1.69. The van der Waals surface area contributed by atoms with E-state index in [9.17, 15) is 0 Å². The third-order valence-corrected chi connectivity index (χ3v) is 2.47. The molecular formula is C11H16N4O. The molecular weight excluding hydrogens is 204 g/mol. The average molecular weight is 220 g/mol. The first-order chi connectivity index (χ1) is 7.70. The molecule has 0 saturated carbocycles. The molecule has 0 aromatic carbocycles. The van der Waals surface area contributed by atoms with Crippen molar-refractivity contribution in [3.05, 3.63) is 18.1 Å². The Morgan fingerprint density at radius 2 is 2.31 bits per heavy atom. The van der Waals surface area contributed by atoms with Crippen molar-refractivity contribution in [3.63, 3.8) is 0 Å². The summed E-state index contributed by atoms with van der Waals surface area (Å²) in [4.78, 5) is 11.7. The van der Waals surface area contributed by atoms with Crippen LogP contribution >= 0.6 is 0 Å². The third kappa shape index (κ3) is 2.14. The summed E-state index contributed by atoms with van der Waals surface area (Å²) in [6, 6.07) is 1.88. The number of methoxy groups -OCH3 is 1. The van der Waals surface area contributed by atoms with Crippen LogP contribution in [0, 0.1) is 5.92 Å². The number of hydrogen-bond donors (Lipinski definition) is 2. The van der Waals surface area contributed by atoms with E-state index in [4.69, 9.17) is 10.5 Å². The lowest BCUT2D eigenvalue weighted by Gasteiger charge is -2.09. The van der Waals surface area contributed by atoms with Crippen molar-refractivity contribution in [2.75, 3.05) is 19.5 Å². The van der Waals surface area contributed by atoms with Gasteiger partial charge in [0.2, 0.25) is 0 Å². The van der Waals surface area contributed by atoms with E-state index in [1.807, 2.05) is 12.3 Å². The summed E-state index contributed by atoms with van der Waals surface area (Å²) in [5.74, 6) is 1.68. The molecule has 1 atom stereocenters. The second kappa shape index (κ2) is 4.49. The van der Waals surface area contributed by atoms with E-state index in [2.05, 4.69) is 21.9 Å². The zero-order valence-electron chi connectivity index (χ0n) is 9.53. The highest BCUT2D eigenvalue weighted by molar-refractivity contribution is 5.85. The molecule has 2 aromatic rings. The van der Waals surface area contributed by atoms with Gasteiger partial charge in [0, 0.05) is 26.3 Å². The smallest absolute Gasteiger partial charge is 0.143 e.